The fourth-order valence-corrected chi connectivity index (χ4v) is 3.75. The first-order chi connectivity index (χ1) is 18.0. The van der Waals surface area contributed by atoms with Gasteiger partial charge in [-0.1, -0.05) is 12.7 Å². The molecule has 0 aliphatic heterocycles. The van der Waals surface area contributed by atoms with Crippen molar-refractivity contribution in [3.63, 3.8) is 0 Å². The Kier molecular flexibility index (Phi) is 8.10. The second kappa shape index (κ2) is 11.8. The molecule has 4 aromatic rings. The Balaban J connectivity index is 1.30. The van der Waals surface area contributed by atoms with Crippen LogP contribution in [0.1, 0.15) is 33.3 Å². The summed E-state index contributed by atoms with van der Waals surface area (Å²) >= 11 is 0. The number of benzene rings is 2. The summed E-state index contributed by atoms with van der Waals surface area (Å²) < 4.78 is 24.5. The molecule has 2 aromatic carbocycles. The molecule has 0 aliphatic carbocycles. The van der Waals surface area contributed by atoms with Crippen molar-refractivity contribution < 1.29 is 23.4 Å². The summed E-state index contributed by atoms with van der Waals surface area (Å²) in [5.74, 6) is 2.04. The Morgan fingerprint density at radius 2 is 1.76 bits per heavy atom. The third-order valence-corrected chi connectivity index (χ3v) is 5.56. The first-order valence-electron chi connectivity index (χ1n) is 11.7. The fraction of sp³-hybridized carbons (Fsp3) is 0.172. The molecule has 0 aliphatic rings. The van der Waals surface area contributed by atoms with E-state index in [-0.39, 0.29) is 12.4 Å². The zero-order valence-corrected chi connectivity index (χ0v) is 21.1. The van der Waals surface area contributed by atoms with E-state index >= 15 is 0 Å². The fourth-order valence-electron chi connectivity index (χ4n) is 3.75. The van der Waals surface area contributed by atoms with Crippen molar-refractivity contribution in [3.8, 4) is 22.9 Å². The number of methoxy groups -OCH3 is 1. The first kappa shape index (κ1) is 25.4. The Hall–Kier alpha value is -4.72. The summed E-state index contributed by atoms with van der Waals surface area (Å²) in [6.45, 7) is 8.34. The molecule has 1 N–H and O–H groups in total. The molecule has 0 fully saturated rings. The summed E-state index contributed by atoms with van der Waals surface area (Å²) in [5.41, 5.74) is 6.59. The van der Waals surface area contributed by atoms with Gasteiger partial charge in [-0.25, -0.2) is 5.43 Å². The van der Waals surface area contributed by atoms with Crippen LogP contribution in [-0.4, -0.2) is 30.4 Å². The number of nitrogens with one attached hydrogen (secondary N) is 1. The average Bonchev–Trinajstić information content (AvgIpc) is 3.53. The smallest absolute Gasteiger partial charge is 0.307 e. The second-order valence-electron chi connectivity index (χ2n) is 8.21. The molecule has 2 aromatic heterocycles. The number of aryl methyl sites for hydroxylation is 2. The minimum Gasteiger partial charge on any atom is -0.493 e. The van der Waals surface area contributed by atoms with Gasteiger partial charge in [-0.2, -0.15) is 5.10 Å². The molecule has 0 saturated carbocycles. The van der Waals surface area contributed by atoms with E-state index in [0.29, 0.717) is 29.6 Å². The highest BCUT2D eigenvalue weighted by atomic mass is 16.5. The normalized spacial score (nSPS) is 10.9. The van der Waals surface area contributed by atoms with Crippen molar-refractivity contribution in [3.05, 3.63) is 108 Å². The Bertz CT molecular complexity index is 1380. The topological polar surface area (TPSA) is 87.2 Å². The van der Waals surface area contributed by atoms with E-state index in [1.807, 2.05) is 24.3 Å². The zero-order chi connectivity index (χ0) is 26.2. The number of furan rings is 1. The van der Waals surface area contributed by atoms with E-state index < -0.39 is 5.91 Å². The predicted molar refractivity (Wildman–Crippen MR) is 142 cm³/mol. The number of hydrogen-bond donors (Lipinski definition) is 1. The largest absolute Gasteiger partial charge is 0.493 e. The van der Waals surface area contributed by atoms with Crippen molar-refractivity contribution >= 4 is 12.1 Å². The highest BCUT2D eigenvalue weighted by molar-refractivity contribution is 5.92. The van der Waals surface area contributed by atoms with Crippen LogP contribution < -0.4 is 19.6 Å². The minimum atomic E-state index is -0.470. The van der Waals surface area contributed by atoms with Gasteiger partial charge in [-0.05, 0) is 86.1 Å². The van der Waals surface area contributed by atoms with Crippen LogP contribution in [-0.2, 0) is 6.61 Å². The number of carbonyl (C=O) groups excluding carboxylic acids is 1. The SMILES string of the molecule is C=CCOc1ccc(/C=N/NC(=O)c2ccc(COc3ccc(-n4c(C)ccc4C)cc3)o2)cc1OC. The summed E-state index contributed by atoms with van der Waals surface area (Å²) in [6, 6.07) is 20.6. The van der Waals surface area contributed by atoms with Crippen LogP contribution in [0, 0.1) is 13.8 Å². The summed E-state index contributed by atoms with van der Waals surface area (Å²) in [7, 11) is 1.55. The number of hydrogen-bond acceptors (Lipinski definition) is 6. The molecule has 4 rings (SSSR count). The van der Waals surface area contributed by atoms with E-state index in [1.54, 1.807) is 43.5 Å². The predicted octanol–water partition coefficient (Wildman–Crippen LogP) is 5.60. The highest BCUT2D eigenvalue weighted by Crippen LogP contribution is 2.27. The van der Waals surface area contributed by atoms with Crippen molar-refractivity contribution in [1.82, 2.24) is 9.99 Å². The van der Waals surface area contributed by atoms with Crippen LogP contribution in [0.15, 0.2) is 88.9 Å². The number of rotatable bonds is 11. The molecule has 0 bridgehead atoms. The van der Waals surface area contributed by atoms with Gasteiger partial charge in [0, 0.05) is 17.1 Å². The van der Waals surface area contributed by atoms with Gasteiger partial charge in [0.1, 0.15) is 24.7 Å². The molecule has 0 radical (unpaired) electrons. The lowest BCUT2D eigenvalue weighted by atomic mass is 10.2. The van der Waals surface area contributed by atoms with Crippen LogP contribution >= 0.6 is 0 Å². The maximum atomic E-state index is 12.4. The van der Waals surface area contributed by atoms with Crippen LogP contribution in [0.5, 0.6) is 17.2 Å². The average molecular weight is 500 g/mol. The van der Waals surface area contributed by atoms with Gasteiger partial charge >= 0.3 is 5.91 Å². The molecule has 0 unspecified atom stereocenters. The molecule has 0 saturated heterocycles. The molecule has 8 heteroatoms. The van der Waals surface area contributed by atoms with Crippen LogP contribution in [0.2, 0.25) is 0 Å². The number of aromatic nitrogens is 1. The second-order valence-corrected chi connectivity index (χ2v) is 8.21. The number of hydrazone groups is 1. The van der Waals surface area contributed by atoms with Crippen molar-refractivity contribution in [2.24, 2.45) is 5.10 Å². The minimum absolute atomic E-state index is 0.135. The van der Waals surface area contributed by atoms with E-state index in [4.69, 9.17) is 18.6 Å². The van der Waals surface area contributed by atoms with E-state index in [9.17, 15) is 4.79 Å². The lowest BCUT2D eigenvalue weighted by Crippen LogP contribution is -2.16. The van der Waals surface area contributed by atoms with Crippen molar-refractivity contribution in [2.45, 2.75) is 20.5 Å². The monoisotopic (exact) mass is 499 g/mol. The van der Waals surface area contributed by atoms with E-state index in [1.165, 1.54) is 17.6 Å². The number of carbonyl (C=O) groups is 1. The highest BCUT2D eigenvalue weighted by Gasteiger charge is 2.11. The van der Waals surface area contributed by atoms with Gasteiger partial charge in [0.05, 0.1) is 13.3 Å². The first-order valence-corrected chi connectivity index (χ1v) is 11.7. The van der Waals surface area contributed by atoms with Crippen LogP contribution in [0.4, 0.5) is 0 Å². The maximum Gasteiger partial charge on any atom is 0.307 e. The molecular weight excluding hydrogens is 470 g/mol. The van der Waals surface area contributed by atoms with Gasteiger partial charge in [0.25, 0.3) is 0 Å². The molecule has 1 amide bonds. The molecule has 190 valence electrons. The van der Waals surface area contributed by atoms with Crippen molar-refractivity contribution in [1.29, 1.82) is 0 Å². The molecule has 0 atom stereocenters. The van der Waals surface area contributed by atoms with E-state index in [0.717, 1.165) is 11.3 Å². The summed E-state index contributed by atoms with van der Waals surface area (Å²) in [6.07, 6.45) is 3.16. The summed E-state index contributed by atoms with van der Waals surface area (Å²) in [4.78, 5) is 12.4. The van der Waals surface area contributed by atoms with Gasteiger partial charge < -0.3 is 23.2 Å². The Morgan fingerprint density at radius 3 is 2.46 bits per heavy atom. The quantitative estimate of drug-likeness (QED) is 0.165. The molecular formula is C29H29N3O5. The van der Waals surface area contributed by atoms with Gasteiger partial charge in [0.15, 0.2) is 17.3 Å². The lowest BCUT2D eigenvalue weighted by Gasteiger charge is -2.10. The number of ether oxygens (including phenoxy) is 3. The molecule has 0 spiro atoms. The Morgan fingerprint density at radius 1 is 1.00 bits per heavy atom. The molecule has 8 nitrogen and oxygen atoms in total. The third kappa shape index (κ3) is 6.29. The van der Waals surface area contributed by atoms with Gasteiger partial charge in [-0.3, -0.25) is 4.79 Å². The third-order valence-electron chi connectivity index (χ3n) is 5.56. The molecule has 37 heavy (non-hydrogen) atoms. The number of nitrogens with zero attached hydrogens (tertiary/aromatic N) is 2. The lowest BCUT2D eigenvalue weighted by molar-refractivity contribution is 0.0923. The number of amides is 1. The van der Waals surface area contributed by atoms with Crippen LogP contribution in [0.25, 0.3) is 5.69 Å². The van der Waals surface area contributed by atoms with Crippen LogP contribution in [0.3, 0.4) is 0 Å². The van der Waals surface area contributed by atoms with E-state index in [2.05, 4.69) is 47.7 Å². The zero-order valence-electron chi connectivity index (χ0n) is 21.1. The Labute approximate surface area is 215 Å². The maximum absolute atomic E-state index is 12.4. The van der Waals surface area contributed by atoms with Gasteiger partial charge in [-0.15, -0.1) is 0 Å². The van der Waals surface area contributed by atoms with Gasteiger partial charge in [0.2, 0.25) is 0 Å². The van der Waals surface area contributed by atoms with Crippen molar-refractivity contribution in [2.75, 3.05) is 13.7 Å². The standard InChI is InChI=1S/C29H29N3O5/c1-5-16-35-26-14-8-22(17-28(26)34-4)18-30-31-29(33)27-15-13-25(37-27)19-36-24-11-9-23(10-12-24)32-20(2)6-7-21(32)3/h5-15,17-18H,1,16,19H2,2-4H3,(H,31,33)/b30-18+. The molecule has 2 heterocycles. The summed E-state index contributed by atoms with van der Waals surface area (Å²) in [5, 5.41) is 4.00.